The van der Waals surface area contributed by atoms with Crippen LogP contribution in [0.4, 0.5) is 4.39 Å². The average Bonchev–Trinajstić information content (AvgIpc) is 2.78. The molecule has 158 valence electrons. The maximum atomic E-state index is 12.3. The van der Waals surface area contributed by atoms with E-state index in [2.05, 4.69) is 53.5 Å². The molecule has 2 nitrogen and oxygen atoms in total. The van der Waals surface area contributed by atoms with Gasteiger partial charge in [-0.25, -0.2) is 0 Å². The number of alkyl halides is 1. The number of unbranched alkanes of at least 4 members (excludes halogenated alkanes) is 2. The summed E-state index contributed by atoms with van der Waals surface area (Å²) < 4.78 is 12.3. The van der Waals surface area contributed by atoms with Crippen LogP contribution in [-0.2, 0) is 12.8 Å². The van der Waals surface area contributed by atoms with Gasteiger partial charge in [0.05, 0.1) is 18.1 Å². The van der Waals surface area contributed by atoms with Crippen LogP contribution in [-0.4, -0.2) is 16.9 Å². The average molecular weight is 397 g/mol. The third-order valence-corrected chi connectivity index (χ3v) is 6.56. The molecule has 29 heavy (non-hydrogen) atoms. The van der Waals surface area contributed by atoms with Gasteiger partial charge in [0.1, 0.15) is 0 Å². The molecule has 0 saturated heterocycles. The molecule has 3 heteroatoms. The molecule has 0 amide bonds. The van der Waals surface area contributed by atoms with E-state index in [-0.39, 0.29) is 6.67 Å². The van der Waals surface area contributed by atoms with Gasteiger partial charge in [-0.3, -0.25) is 4.39 Å². The lowest BCUT2D eigenvalue weighted by Gasteiger charge is -2.28. The minimum atomic E-state index is -0.155. The Bertz CT molecular complexity index is 688. The second kappa shape index (κ2) is 12.0. The third-order valence-electron chi connectivity index (χ3n) is 6.56. The minimum Gasteiger partial charge on any atom is -0.251 e. The Labute approximate surface area is 176 Å². The first kappa shape index (κ1) is 21.9. The van der Waals surface area contributed by atoms with Gasteiger partial charge >= 0.3 is 0 Å². The van der Waals surface area contributed by atoms with Crippen LogP contribution in [0, 0.1) is 11.8 Å². The fourth-order valence-electron chi connectivity index (χ4n) is 4.60. The lowest BCUT2D eigenvalue weighted by molar-refractivity contribution is 0.244. The topological polar surface area (TPSA) is 25.8 Å². The number of halogens is 1. The maximum Gasteiger partial charge on any atom is 0.0929 e. The molecule has 1 aromatic carbocycles. The molecule has 1 aliphatic rings. The zero-order valence-corrected chi connectivity index (χ0v) is 18.1. The van der Waals surface area contributed by atoms with Crippen molar-refractivity contribution in [3.63, 3.8) is 0 Å². The van der Waals surface area contributed by atoms with Crippen LogP contribution < -0.4 is 0 Å². The summed E-state index contributed by atoms with van der Waals surface area (Å²) in [4.78, 5) is 0. The molecule has 0 radical (unpaired) electrons. The van der Waals surface area contributed by atoms with Crippen molar-refractivity contribution >= 4 is 0 Å². The van der Waals surface area contributed by atoms with Crippen molar-refractivity contribution in [2.24, 2.45) is 11.8 Å². The van der Waals surface area contributed by atoms with Crippen LogP contribution in [0.5, 0.6) is 0 Å². The molecule has 3 rings (SSSR count). The highest BCUT2D eigenvalue weighted by atomic mass is 19.1. The van der Waals surface area contributed by atoms with Crippen molar-refractivity contribution in [2.45, 2.75) is 84.0 Å². The highest BCUT2D eigenvalue weighted by Crippen LogP contribution is 2.33. The van der Waals surface area contributed by atoms with Crippen LogP contribution in [0.1, 0.15) is 82.4 Å². The summed E-state index contributed by atoms with van der Waals surface area (Å²) in [6.07, 6.45) is 14.2. The smallest absolute Gasteiger partial charge is 0.0929 e. The number of aryl methyl sites for hydroxylation is 2. The molecule has 1 fully saturated rings. The van der Waals surface area contributed by atoms with Crippen LogP contribution in [0.3, 0.4) is 0 Å². The number of nitrogens with zero attached hydrogens (tertiary/aromatic N) is 2. The predicted octanol–water partition coefficient (Wildman–Crippen LogP) is 7.37. The van der Waals surface area contributed by atoms with Crippen molar-refractivity contribution in [1.82, 2.24) is 10.2 Å². The van der Waals surface area contributed by atoms with E-state index < -0.39 is 0 Å². The van der Waals surface area contributed by atoms with Gasteiger partial charge in [-0.15, -0.1) is 0 Å². The first-order valence-corrected chi connectivity index (χ1v) is 11.8. The second-order valence-corrected chi connectivity index (χ2v) is 8.82. The lowest BCUT2D eigenvalue weighted by Crippen LogP contribution is -2.15. The molecule has 1 heterocycles. The largest absolute Gasteiger partial charge is 0.251 e. The Morgan fingerprint density at radius 1 is 0.793 bits per heavy atom. The molecule has 2 aromatic rings. The van der Waals surface area contributed by atoms with Gasteiger partial charge in [-0.1, -0.05) is 69.7 Å². The summed E-state index contributed by atoms with van der Waals surface area (Å²) in [6.45, 7) is 2.09. The summed E-state index contributed by atoms with van der Waals surface area (Å²) >= 11 is 0. The van der Waals surface area contributed by atoms with Crippen molar-refractivity contribution < 1.29 is 4.39 Å². The molecular weight excluding hydrogens is 359 g/mol. The number of hydrogen-bond acceptors (Lipinski definition) is 2. The van der Waals surface area contributed by atoms with Gasteiger partial charge in [0.2, 0.25) is 0 Å². The highest BCUT2D eigenvalue weighted by Gasteiger charge is 2.20. The summed E-state index contributed by atoms with van der Waals surface area (Å²) in [5.74, 6) is 1.57. The van der Waals surface area contributed by atoms with Crippen molar-refractivity contribution in [2.75, 3.05) is 6.67 Å². The van der Waals surface area contributed by atoms with Gasteiger partial charge in [0.15, 0.2) is 0 Å². The molecule has 1 saturated carbocycles. The highest BCUT2D eigenvalue weighted by molar-refractivity contribution is 5.58. The molecule has 0 bridgehead atoms. The molecular formula is C26H37FN2. The summed E-state index contributed by atoms with van der Waals surface area (Å²) in [5.41, 5.74) is 4.62. The van der Waals surface area contributed by atoms with E-state index >= 15 is 0 Å². The Morgan fingerprint density at radius 3 is 2.14 bits per heavy atom. The number of rotatable bonds is 11. The van der Waals surface area contributed by atoms with Gasteiger partial charge in [-0.05, 0) is 68.1 Å². The van der Waals surface area contributed by atoms with E-state index in [4.69, 9.17) is 0 Å². The Hall–Kier alpha value is -1.77. The van der Waals surface area contributed by atoms with Gasteiger partial charge in [0, 0.05) is 5.56 Å². The minimum absolute atomic E-state index is 0.155. The summed E-state index contributed by atoms with van der Waals surface area (Å²) in [6, 6.07) is 13.1. The molecule has 1 aromatic heterocycles. The number of hydrogen-bond donors (Lipinski definition) is 0. The molecule has 0 atom stereocenters. The normalized spacial score (nSPS) is 19.4. The van der Waals surface area contributed by atoms with E-state index in [1.807, 2.05) is 0 Å². The molecule has 0 N–H and O–H groups in total. The maximum absolute atomic E-state index is 12.3. The Balaban J connectivity index is 1.43. The second-order valence-electron chi connectivity index (χ2n) is 8.82. The van der Waals surface area contributed by atoms with Crippen LogP contribution >= 0.6 is 0 Å². The van der Waals surface area contributed by atoms with E-state index in [1.165, 1.54) is 56.9 Å². The zero-order valence-electron chi connectivity index (χ0n) is 18.1. The van der Waals surface area contributed by atoms with Crippen molar-refractivity contribution in [1.29, 1.82) is 0 Å². The van der Waals surface area contributed by atoms with Gasteiger partial charge < -0.3 is 0 Å². The number of benzene rings is 1. The first-order valence-electron chi connectivity index (χ1n) is 11.8. The molecule has 0 aliphatic heterocycles. The summed E-state index contributed by atoms with van der Waals surface area (Å²) in [5, 5.41) is 8.96. The van der Waals surface area contributed by atoms with E-state index in [0.717, 1.165) is 54.5 Å². The Kier molecular flexibility index (Phi) is 9.11. The van der Waals surface area contributed by atoms with Crippen LogP contribution in [0.2, 0.25) is 0 Å². The van der Waals surface area contributed by atoms with Crippen LogP contribution in [0.15, 0.2) is 36.4 Å². The first-order chi connectivity index (χ1) is 14.3. The predicted molar refractivity (Wildman–Crippen MR) is 120 cm³/mol. The van der Waals surface area contributed by atoms with E-state index in [0.29, 0.717) is 0 Å². The lowest BCUT2D eigenvalue weighted by atomic mass is 9.78. The monoisotopic (exact) mass is 396 g/mol. The summed E-state index contributed by atoms with van der Waals surface area (Å²) in [7, 11) is 0. The van der Waals surface area contributed by atoms with E-state index in [9.17, 15) is 4.39 Å². The van der Waals surface area contributed by atoms with Crippen LogP contribution in [0.25, 0.3) is 11.3 Å². The van der Waals surface area contributed by atoms with E-state index in [1.54, 1.807) is 0 Å². The quantitative estimate of drug-likeness (QED) is 0.371. The van der Waals surface area contributed by atoms with Gasteiger partial charge in [-0.2, -0.15) is 10.2 Å². The molecule has 1 aliphatic carbocycles. The standard InChI is InChI=1S/C26H37FN2/c1-2-3-4-6-21-12-15-24(16-13-21)26-19-18-25(28-29-26)17-14-23-10-8-22(9-11-23)7-5-20-27/h12-13,15-16,18-19,22-23H,2-11,14,17,20H2,1H3. The fraction of sp³-hybridized carbons (Fsp3) is 0.615. The zero-order chi connectivity index (χ0) is 20.3. The third kappa shape index (κ3) is 7.21. The molecule has 0 spiro atoms. The number of aromatic nitrogens is 2. The Morgan fingerprint density at radius 2 is 1.52 bits per heavy atom. The van der Waals surface area contributed by atoms with Crippen molar-refractivity contribution in [3.8, 4) is 11.3 Å². The van der Waals surface area contributed by atoms with Gasteiger partial charge in [0.25, 0.3) is 0 Å². The fourth-order valence-corrected chi connectivity index (χ4v) is 4.60. The molecule has 0 unspecified atom stereocenters. The SMILES string of the molecule is CCCCCc1ccc(-c2ccc(CCC3CCC(CCCF)CC3)nn2)cc1. The van der Waals surface area contributed by atoms with Crippen molar-refractivity contribution in [3.05, 3.63) is 47.7 Å².